The molecule has 0 aliphatic carbocycles. The summed E-state index contributed by atoms with van der Waals surface area (Å²) in [7, 11) is 0. The highest BCUT2D eigenvalue weighted by Crippen LogP contribution is 2.19. The Morgan fingerprint density at radius 1 is 1.13 bits per heavy atom. The van der Waals surface area contributed by atoms with E-state index >= 15 is 0 Å². The molecule has 1 fully saturated rings. The van der Waals surface area contributed by atoms with Crippen molar-refractivity contribution in [3.05, 3.63) is 35.1 Å². The molecule has 1 aliphatic heterocycles. The highest BCUT2D eigenvalue weighted by Gasteiger charge is 2.20. The number of aryl methyl sites for hydroxylation is 1. The fourth-order valence-corrected chi connectivity index (χ4v) is 2.77. The number of piperazine rings is 1. The van der Waals surface area contributed by atoms with E-state index in [2.05, 4.69) is 37.0 Å². The van der Waals surface area contributed by atoms with Crippen molar-refractivity contribution in [2.24, 2.45) is 0 Å². The molecule has 0 bridgehead atoms. The molecular formula is C16H21ClN6. The first-order valence-electron chi connectivity index (χ1n) is 7.86. The zero-order valence-electron chi connectivity index (χ0n) is 13.5. The SMILES string of the molecule is CCNc1cc(C)nc(N2CCN(c3ccc(Cl)cn3)CC2)n1. The number of nitrogens with zero attached hydrogens (tertiary/aromatic N) is 5. The maximum Gasteiger partial charge on any atom is 0.227 e. The van der Waals surface area contributed by atoms with E-state index in [-0.39, 0.29) is 0 Å². The lowest BCUT2D eigenvalue weighted by molar-refractivity contribution is 0.634. The quantitative estimate of drug-likeness (QED) is 0.928. The van der Waals surface area contributed by atoms with Crippen molar-refractivity contribution in [1.29, 1.82) is 0 Å². The lowest BCUT2D eigenvalue weighted by atomic mass is 10.3. The van der Waals surface area contributed by atoms with Crippen molar-refractivity contribution >= 4 is 29.2 Å². The van der Waals surface area contributed by atoms with Crippen LogP contribution in [-0.2, 0) is 0 Å². The Morgan fingerprint density at radius 3 is 2.52 bits per heavy atom. The molecule has 0 saturated carbocycles. The van der Waals surface area contributed by atoms with Gasteiger partial charge in [-0.15, -0.1) is 0 Å². The van der Waals surface area contributed by atoms with Gasteiger partial charge in [-0.2, -0.15) is 4.98 Å². The van der Waals surface area contributed by atoms with Gasteiger partial charge in [-0.05, 0) is 26.0 Å². The number of hydrogen-bond donors (Lipinski definition) is 1. The number of aromatic nitrogens is 3. The van der Waals surface area contributed by atoms with Crippen molar-refractivity contribution in [3.63, 3.8) is 0 Å². The summed E-state index contributed by atoms with van der Waals surface area (Å²) < 4.78 is 0. The van der Waals surface area contributed by atoms with E-state index in [0.717, 1.165) is 56.0 Å². The highest BCUT2D eigenvalue weighted by atomic mass is 35.5. The van der Waals surface area contributed by atoms with Crippen molar-refractivity contribution in [3.8, 4) is 0 Å². The van der Waals surface area contributed by atoms with Gasteiger partial charge >= 0.3 is 0 Å². The molecule has 2 aromatic heterocycles. The molecule has 1 saturated heterocycles. The van der Waals surface area contributed by atoms with Gasteiger partial charge in [-0.1, -0.05) is 11.6 Å². The normalized spacial score (nSPS) is 14.9. The molecule has 23 heavy (non-hydrogen) atoms. The van der Waals surface area contributed by atoms with Crippen molar-refractivity contribution in [2.45, 2.75) is 13.8 Å². The third-order valence-corrected chi connectivity index (χ3v) is 4.02. The second kappa shape index (κ2) is 7.00. The fourth-order valence-electron chi connectivity index (χ4n) is 2.66. The van der Waals surface area contributed by atoms with Crippen LogP contribution in [0.5, 0.6) is 0 Å². The standard InChI is InChI=1S/C16H21ClN6/c1-3-18-14-10-12(2)20-16(21-14)23-8-6-22(7-9-23)15-5-4-13(17)11-19-15/h4-5,10-11H,3,6-9H2,1-2H3,(H,18,20,21). The second-order valence-electron chi connectivity index (χ2n) is 5.53. The van der Waals surface area contributed by atoms with E-state index in [1.54, 1.807) is 6.20 Å². The summed E-state index contributed by atoms with van der Waals surface area (Å²) in [5.41, 5.74) is 0.979. The van der Waals surface area contributed by atoms with Crippen LogP contribution in [0.4, 0.5) is 17.6 Å². The summed E-state index contributed by atoms with van der Waals surface area (Å²) in [6.07, 6.45) is 1.69. The van der Waals surface area contributed by atoms with Crippen LogP contribution in [-0.4, -0.2) is 47.7 Å². The monoisotopic (exact) mass is 332 g/mol. The third kappa shape index (κ3) is 3.82. The minimum atomic E-state index is 0.663. The minimum absolute atomic E-state index is 0.663. The van der Waals surface area contributed by atoms with Crippen LogP contribution in [0.2, 0.25) is 5.02 Å². The van der Waals surface area contributed by atoms with Crippen LogP contribution < -0.4 is 15.1 Å². The molecule has 3 heterocycles. The molecule has 1 aliphatic rings. The molecule has 0 atom stereocenters. The van der Waals surface area contributed by atoms with E-state index in [0.29, 0.717) is 5.02 Å². The van der Waals surface area contributed by atoms with Crippen LogP contribution in [0.25, 0.3) is 0 Å². The average Bonchev–Trinajstić information content (AvgIpc) is 2.55. The Kier molecular flexibility index (Phi) is 4.81. The van der Waals surface area contributed by atoms with Crippen LogP contribution >= 0.6 is 11.6 Å². The maximum absolute atomic E-state index is 5.90. The number of halogens is 1. The minimum Gasteiger partial charge on any atom is -0.370 e. The molecule has 7 heteroatoms. The van der Waals surface area contributed by atoms with Crippen LogP contribution in [0.15, 0.2) is 24.4 Å². The number of nitrogens with one attached hydrogen (secondary N) is 1. The first-order chi connectivity index (χ1) is 11.2. The van der Waals surface area contributed by atoms with Gasteiger partial charge < -0.3 is 15.1 Å². The van der Waals surface area contributed by atoms with E-state index < -0.39 is 0 Å². The Bertz CT molecular complexity index is 652. The molecule has 0 radical (unpaired) electrons. The summed E-state index contributed by atoms with van der Waals surface area (Å²) in [6, 6.07) is 5.81. The third-order valence-electron chi connectivity index (χ3n) is 3.80. The Labute approximate surface area is 141 Å². The van der Waals surface area contributed by atoms with E-state index in [1.165, 1.54) is 0 Å². The zero-order chi connectivity index (χ0) is 16.2. The number of hydrogen-bond acceptors (Lipinski definition) is 6. The molecule has 0 aromatic carbocycles. The van der Waals surface area contributed by atoms with E-state index in [9.17, 15) is 0 Å². The van der Waals surface area contributed by atoms with Gasteiger partial charge in [0.1, 0.15) is 11.6 Å². The first kappa shape index (κ1) is 15.8. The lowest BCUT2D eigenvalue weighted by Gasteiger charge is -2.35. The average molecular weight is 333 g/mol. The predicted molar refractivity (Wildman–Crippen MR) is 94.6 cm³/mol. The zero-order valence-corrected chi connectivity index (χ0v) is 14.2. The van der Waals surface area contributed by atoms with Gasteiger partial charge in [0.05, 0.1) is 5.02 Å². The number of anilines is 3. The maximum atomic E-state index is 5.90. The smallest absolute Gasteiger partial charge is 0.227 e. The Hall–Kier alpha value is -2.08. The molecule has 0 spiro atoms. The number of rotatable bonds is 4. The molecular weight excluding hydrogens is 312 g/mol. The first-order valence-corrected chi connectivity index (χ1v) is 8.24. The predicted octanol–water partition coefficient (Wildman–Crippen LogP) is 2.59. The van der Waals surface area contributed by atoms with Gasteiger partial charge in [0.2, 0.25) is 5.95 Å². The summed E-state index contributed by atoms with van der Waals surface area (Å²) in [5, 5.41) is 3.92. The van der Waals surface area contributed by atoms with Gasteiger partial charge in [-0.3, -0.25) is 0 Å². The molecule has 0 unspecified atom stereocenters. The molecule has 1 N–H and O–H groups in total. The highest BCUT2D eigenvalue weighted by molar-refractivity contribution is 6.30. The largest absolute Gasteiger partial charge is 0.370 e. The Morgan fingerprint density at radius 2 is 1.87 bits per heavy atom. The summed E-state index contributed by atoms with van der Waals surface area (Å²) >= 11 is 5.90. The summed E-state index contributed by atoms with van der Waals surface area (Å²) in [6.45, 7) is 8.45. The number of pyridine rings is 1. The Balaban J connectivity index is 1.68. The van der Waals surface area contributed by atoms with Crippen LogP contribution in [0, 0.1) is 6.92 Å². The fraction of sp³-hybridized carbons (Fsp3) is 0.438. The second-order valence-corrected chi connectivity index (χ2v) is 5.97. The van der Waals surface area contributed by atoms with Crippen LogP contribution in [0.1, 0.15) is 12.6 Å². The van der Waals surface area contributed by atoms with Gasteiger partial charge in [-0.25, -0.2) is 9.97 Å². The van der Waals surface area contributed by atoms with E-state index in [1.807, 2.05) is 25.1 Å². The topological polar surface area (TPSA) is 57.2 Å². The van der Waals surface area contributed by atoms with E-state index in [4.69, 9.17) is 11.6 Å². The van der Waals surface area contributed by atoms with Crippen LogP contribution in [0.3, 0.4) is 0 Å². The molecule has 2 aromatic rings. The summed E-state index contributed by atoms with van der Waals surface area (Å²) in [5.74, 6) is 2.65. The molecule has 122 valence electrons. The van der Waals surface area contributed by atoms with Gasteiger partial charge in [0.25, 0.3) is 0 Å². The van der Waals surface area contributed by atoms with Crippen molar-refractivity contribution < 1.29 is 0 Å². The molecule has 3 rings (SSSR count). The summed E-state index contributed by atoms with van der Waals surface area (Å²) in [4.78, 5) is 18.0. The molecule has 0 amide bonds. The van der Waals surface area contributed by atoms with Crippen molar-refractivity contribution in [2.75, 3.05) is 47.8 Å². The van der Waals surface area contributed by atoms with Gasteiger partial charge in [0, 0.05) is 50.7 Å². The lowest BCUT2D eigenvalue weighted by Crippen LogP contribution is -2.47. The van der Waals surface area contributed by atoms with Gasteiger partial charge in [0.15, 0.2) is 0 Å². The molecule has 6 nitrogen and oxygen atoms in total. The van der Waals surface area contributed by atoms with Crippen molar-refractivity contribution in [1.82, 2.24) is 15.0 Å².